The molecule has 1 aromatic carbocycles. The number of nitrogens with zero attached hydrogens (tertiary/aromatic N) is 5. The first kappa shape index (κ1) is 21.5. The maximum absolute atomic E-state index is 13.6. The standard InChI is InChI=1S/C23H24F3N5O2/c1-13-19-16(20(30(3)27-19)17-12-29(2)28-21(17)23(24,25)26)8-9-31(13)22(32)15-7-6-14-5-4-10-33-18(14)11-15/h6-7,11-13H,4-5,8-10H2,1-3H3. The summed E-state index contributed by atoms with van der Waals surface area (Å²) in [7, 11) is 3.09. The van der Waals surface area contributed by atoms with E-state index < -0.39 is 11.9 Å². The third kappa shape index (κ3) is 3.57. The quantitative estimate of drug-likeness (QED) is 0.583. The van der Waals surface area contributed by atoms with Crippen LogP contribution in [0.25, 0.3) is 11.3 Å². The molecular weight excluding hydrogens is 435 g/mol. The Labute approximate surface area is 188 Å². The van der Waals surface area contributed by atoms with Crippen LogP contribution in [0.4, 0.5) is 13.2 Å². The number of fused-ring (bicyclic) bond motifs is 2. The van der Waals surface area contributed by atoms with Crippen molar-refractivity contribution >= 4 is 5.91 Å². The summed E-state index contributed by atoms with van der Waals surface area (Å²) in [6.45, 7) is 2.87. The summed E-state index contributed by atoms with van der Waals surface area (Å²) in [5.74, 6) is 0.600. The van der Waals surface area contributed by atoms with Gasteiger partial charge in [-0.1, -0.05) is 6.07 Å². The minimum Gasteiger partial charge on any atom is -0.493 e. The zero-order chi connectivity index (χ0) is 23.5. The SMILES string of the molecule is CC1c2nn(C)c(-c3cn(C)nc3C(F)(F)F)c2CCN1C(=O)c1ccc2c(c1)OCCC2. The average Bonchev–Trinajstić information content (AvgIpc) is 3.32. The summed E-state index contributed by atoms with van der Waals surface area (Å²) in [6, 6.07) is 5.15. The number of amides is 1. The van der Waals surface area contributed by atoms with Crippen molar-refractivity contribution in [3.05, 3.63) is 52.5 Å². The molecule has 0 radical (unpaired) electrons. The zero-order valence-electron chi connectivity index (χ0n) is 18.6. The average molecular weight is 459 g/mol. The molecule has 5 rings (SSSR count). The minimum absolute atomic E-state index is 0.0000579. The summed E-state index contributed by atoms with van der Waals surface area (Å²) < 4.78 is 49.1. The van der Waals surface area contributed by atoms with E-state index in [9.17, 15) is 18.0 Å². The van der Waals surface area contributed by atoms with Crippen LogP contribution in [0, 0.1) is 0 Å². The van der Waals surface area contributed by atoms with Gasteiger partial charge in [0.1, 0.15) is 5.75 Å². The number of ether oxygens (including phenoxy) is 1. The highest BCUT2D eigenvalue weighted by Gasteiger charge is 2.40. The molecule has 0 N–H and O–H groups in total. The Morgan fingerprint density at radius 1 is 1.18 bits per heavy atom. The van der Waals surface area contributed by atoms with Crippen LogP contribution >= 0.6 is 0 Å². The fraction of sp³-hybridized carbons (Fsp3) is 0.435. The zero-order valence-corrected chi connectivity index (χ0v) is 18.6. The summed E-state index contributed by atoms with van der Waals surface area (Å²) >= 11 is 0. The number of hydrogen-bond acceptors (Lipinski definition) is 4. The first-order chi connectivity index (χ1) is 15.6. The minimum atomic E-state index is -4.58. The van der Waals surface area contributed by atoms with E-state index in [0.717, 1.165) is 34.4 Å². The van der Waals surface area contributed by atoms with Crippen molar-refractivity contribution < 1.29 is 22.7 Å². The molecule has 2 aliphatic heterocycles. The van der Waals surface area contributed by atoms with E-state index in [4.69, 9.17) is 4.74 Å². The number of aryl methyl sites for hydroxylation is 3. The second-order valence-electron chi connectivity index (χ2n) is 8.60. The Kier molecular flexibility index (Phi) is 4.98. The van der Waals surface area contributed by atoms with Crippen LogP contribution in [0.15, 0.2) is 24.4 Å². The topological polar surface area (TPSA) is 65.2 Å². The maximum atomic E-state index is 13.6. The Morgan fingerprint density at radius 3 is 2.73 bits per heavy atom. The molecule has 0 saturated carbocycles. The van der Waals surface area contributed by atoms with Crippen LogP contribution in [0.1, 0.15) is 52.3 Å². The lowest BCUT2D eigenvalue weighted by Gasteiger charge is -2.33. The molecule has 7 nitrogen and oxygen atoms in total. The molecule has 4 heterocycles. The molecular formula is C23H24F3N5O2. The van der Waals surface area contributed by atoms with Gasteiger partial charge in [0.05, 0.1) is 29.6 Å². The predicted molar refractivity (Wildman–Crippen MR) is 114 cm³/mol. The molecule has 3 aromatic rings. The van der Waals surface area contributed by atoms with E-state index in [2.05, 4.69) is 10.2 Å². The number of hydrogen-bond donors (Lipinski definition) is 0. The Bertz CT molecular complexity index is 1240. The lowest BCUT2D eigenvalue weighted by Crippen LogP contribution is -2.39. The fourth-order valence-electron chi connectivity index (χ4n) is 4.87. The Hall–Kier alpha value is -3.30. The van der Waals surface area contributed by atoms with Crippen molar-refractivity contribution in [3.8, 4) is 17.0 Å². The highest BCUT2D eigenvalue weighted by atomic mass is 19.4. The first-order valence-electron chi connectivity index (χ1n) is 10.9. The van der Waals surface area contributed by atoms with Crippen LogP contribution < -0.4 is 4.74 Å². The maximum Gasteiger partial charge on any atom is 0.435 e. The van der Waals surface area contributed by atoms with E-state index in [1.165, 1.54) is 17.9 Å². The van der Waals surface area contributed by atoms with Gasteiger partial charge in [0.2, 0.25) is 0 Å². The molecule has 2 aliphatic rings. The molecule has 0 saturated heterocycles. The van der Waals surface area contributed by atoms with Crippen molar-refractivity contribution in [2.45, 2.75) is 38.4 Å². The third-order valence-corrected chi connectivity index (χ3v) is 6.42. The largest absolute Gasteiger partial charge is 0.493 e. The molecule has 10 heteroatoms. The molecule has 2 aromatic heterocycles. The number of aromatic nitrogens is 4. The molecule has 1 amide bonds. The van der Waals surface area contributed by atoms with Gasteiger partial charge in [-0.15, -0.1) is 0 Å². The normalized spacial score (nSPS) is 18.0. The van der Waals surface area contributed by atoms with E-state index in [1.807, 2.05) is 19.1 Å². The lowest BCUT2D eigenvalue weighted by molar-refractivity contribution is -0.141. The van der Waals surface area contributed by atoms with Crippen molar-refractivity contribution in [3.63, 3.8) is 0 Å². The second-order valence-corrected chi connectivity index (χ2v) is 8.60. The van der Waals surface area contributed by atoms with Crippen molar-refractivity contribution in [1.82, 2.24) is 24.5 Å². The molecule has 1 unspecified atom stereocenters. The summed E-state index contributed by atoms with van der Waals surface area (Å²) in [5, 5.41) is 8.17. The van der Waals surface area contributed by atoms with Gasteiger partial charge in [-0.3, -0.25) is 14.2 Å². The van der Waals surface area contributed by atoms with Crippen molar-refractivity contribution in [1.29, 1.82) is 0 Å². The summed E-state index contributed by atoms with van der Waals surface area (Å²) in [5.41, 5.74) is 2.43. The number of halogens is 3. The monoisotopic (exact) mass is 459 g/mol. The highest BCUT2D eigenvalue weighted by Crippen LogP contribution is 2.41. The van der Waals surface area contributed by atoms with Gasteiger partial charge in [-0.2, -0.15) is 23.4 Å². The molecule has 0 fully saturated rings. The van der Waals surface area contributed by atoms with Gasteiger partial charge < -0.3 is 9.64 Å². The number of rotatable bonds is 2. The van der Waals surface area contributed by atoms with Crippen LogP contribution in [-0.4, -0.2) is 43.5 Å². The van der Waals surface area contributed by atoms with Gasteiger partial charge >= 0.3 is 6.18 Å². The van der Waals surface area contributed by atoms with Gasteiger partial charge in [0.25, 0.3) is 5.91 Å². The van der Waals surface area contributed by atoms with Crippen LogP contribution in [0.3, 0.4) is 0 Å². The number of carbonyl (C=O) groups excluding carboxylic acids is 1. The third-order valence-electron chi connectivity index (χ3n) is 6.42. The summed E-state index contributed by atoms with van der Waals surface area (Å²) in [4.78, 5) is 15.0. The van der Waals surface area contributed by atoms with Crippen LogP contribution in [0.2, 0.25) is 0 Å². The van der Waals surface area contributed by atoms with E-state index >= 15 is 0 Å². The van der Waals surface area contributed by atoms with Crippen LogP contribution in [0.5, 0.6) is 5.75 Å². The van der Waals surface area contributed by atoms with Gasteiger partial charge in [0.15, 0.2) is 5.69 Å². The van der Waals surface area contributed by atoms with E-state index in [1.54, 1.807) is 18.0 Å². The molecule has 0 bridgehead atoms. The van der Waals surface area contributed by atoms with Gasteiger partial charge in [-0.05, 0) is 43.9 Å². The van der Waals surface area contributed by atoms with E-state index in [-0.39, 0.29) is 17.5 Å². The van der Waals surface area contributed by atoms with Crippen LogP contribution in [-0.2, 0) is 33.1 Å². The fourth-order valence-corrected chi connectivity index (χ4v) is 4.87. The summed E-state index contributed by atoms with van der Waals surface area (Å²) in [6.07, 6.45) is -0.915. The van der Waals surface area contributed by atoms with Crippen molar-refractivity contribution in [2.75, 3.05) is 13.2 Å². The molecule has 174 valence electrons. The molecule has 1 atom stereocenters. The Morgan fingerprint density at radius 2 is 1.97 bits per heavy atom. The first-order valence-corrected chi connectivity index (χ1v) is 10.9. The number of benzene rings is 1. The lowest BCUT2D eigenvalue weighted by atomic mass is 9.94. The second kappa shape index (κ2) is 7.64. The van der Waals surface area contributed by atoms with Gasteiger partial charge in [0, 0.05) is 38.0 Å². The number of alkyl halides is 3. The smallest absolute Gasteiger partial charge is 0.435 e. The number of carbonyl (C=O) groups is 1. The molecule has 0 spiro atoms. The predicted octanol–water partition coefficient (Wildman–Crippen LogP) is 3.92. The van der Waals surface area contributed by atoms with Crippen molar-refractivity contribution in [2.24, 2.45) is 14.1 Å². The Balaban J connectivity index is 1.49. The highest BCUT2D eigenvalue weighted by molar-refractivity contribution is 5.95. The molecule has 0 aliphatic carbocycles. The van der Waals surface area contributed by atoms with E-state index in [0.29, 0.717) is 36.5 Å². The molecule has 33 heavy (non-hydrogen) atoms. The van der Waals surface area contributed by atoms with Gasteiger partial charge in [-0.25, -0.2) is 0 Å².